The van der Waals surface area contributed by atoms with Crippen LogP contribution in [0.5, 0.6) is 5.75 Å². The molecule has 0 bridgehead atoms. The fourth-order valence-corrected chi connectivity index (χ4v) is 6.48. The van der Waals surface area contributed by atoms with Crippen molar-refractivity contribution in [2.45, 2.75) is 100 Å². The second-order valence-electron chi connectivity index (χ2n) is 11.4. The third kappa shape index (κ3) is 11.4. The molecule has 0 heterocycles. The Morgan fingerprint density at radius 3 is 1.98 bits per heavy atom. The van der Waals surface area contributed by atoms with E-state index in [2.05, 4.69) is 22.5 Å². The van der Waals surface area contributed by atoms with Gasteiger partial charge in [-0.25, -0.2) is 0 Å². The van der Waals surface area contributed by atoms with Gasteiger partial charge in [0.05, 0.1) is 16.8 Å². The molecule has 6 N–H and O–H groups in total. The Kier molecular flexibility index (Phi) is 13.8. The molecule has 0 aromatic heterocycles. The molecule has 3 aromatic rings. The van der Waals surface area contributed by atoms with Gasteiger partial charge in [0.15, 0.2) is 5.75 Å². The predicted octanol–water partition coefficient (Wildman–Crippen LogP) is 7.12. The van der Waals surface area contributed by atoms with E-state index in [1.54, 1.807) is 24.3 Å². The van der Waals surface area contributed by atoms with Crippen molar-refractivity contribution < 1.29 is 40.6 Å². The third-order valence-corrected chi connectivity index (χ3v) is 9.38. The molecule has 256 valence electrons. The normalized spacial score (nSPS) is 12.1. The molecule has 3 aromatic carbocycles. The molecule has 47 heavy (non-hydrogen) atoms. The number of azo groups is 1. The lowest BCUT2D eigenvalue weighted by atomic mass is 10.1. The maximum atomic E-state index is 12.8. The first-order chi connectivity index (χ1) is 22.2. The van der Waals surface area contributed by atoms with E-state index in [0.717, 1.165) is 81.5 Å². The number of nitrogens with one attached hydrogen (secondary N) is 1. The molecular weight excluding hydrogens is 649 g/mol. The molecule has 0 atom stereocenters. The minimum atomic E-state index is -5.11. The van der Waals surface area contributed by atoms with Crippen LogP contribution >= 0.6 is 0 Å². The van der Waals surface area contributed by atoms with Gasteiger partial charge in [0, 0.05) is 18.2 Å². The summed E-state index contributed by atoms with van der Waals surface area (Å²) < 4.78 is 69.0. The largest absolute Gasteiger partial charge is 0.505 e. The first kappa shape index (κ1) is 37.5. The summed E-state index contributed by atoms with van der Waals surface area (Å²) in [5.74, 6) is -1.65. The van der Waals surface area contributed by atoms with Gasteiger partial charge in [-0.3, -0.25) is 18.7 Å². The van der Waals surface area contributed by atoms with Crippen LogP contribution in [0.15, 0.2) is 62.5 Å². The maximum absolute atomic E-state index is 12.8. The van der Waals surface area contributed by atoms with E-state index in [9.17, 15) is 40.6 Å². The van der Waals surface area contributed by atoms with Crippen molar-refractivity contribution in [2.75, 3.05) is 5.32 Å². The van der Waals surface area contributed by atoms with E-state index < -0.39 is 52.8 Å². The molecule has 0 radical (unpaired) electrons. The molecule has 0 aliphatic rings. The maximum Gasteiger partial charge on any atom is 0.296 e. The fraction of sp³-hybridized carbons (Fsp3) is 0.438. The van der Waals surface area contributed by atoms with Gasteiger partial charge in [0.25, 0.3) is 20.2 Å². The summed E-state index contributed by atoms with van der Waals surface area (Å²) in [5.41, 5.74) is 5.65. The number of aryl methyl sites for hydroxylation is 1. The molecule has 0 saturated carbocycles. The van der Waals surface area contributed by atoms with Gasteiger partial charge in [0.1, 0.15) is 15.5 Å². The van der Waals surface area contributed by atoms with Crippen LogP contribution in [0.2, 0.25) is 0 Å². The van der Waals surface area contributed by atoms with Crippen molar-refractivity contribution in [2.24, 2.45) is 16.0 Å². The zero-order chi connectivity index (χ0) is 34.6. The summed E-state index contributed by atoms with van der Waals surface area (Å²) in [6.07, 6.45) is 10.5. The number of phenols is 1. The van der Waals surface area contributed by atoms with Crippen LogP contribution in [0.1, 0.15) is 89.5 Å². The average molecular weight is 691 g/mol. The number of nitrogens with zero attached hydrogens (tertiary/aromatic N) is 2. The smallest absolute Gasteiger partial charge is 0.296 e. The summed E-state index contributed by atoms with van der Waals surface area (Å²) in [6.45, 7) is 2.13. The molecule has 15 heteroatoms. The van der Waals surface area contributed by atoms with Crippen LogP contribution in [0, 0.1) is 0 Å². The van der Waals surface area contributed by atoms with E-state index in [1.165, 1.54) is 0 Å². The van der Waals surface area contributed by atoms with Crippen molar-refractivity contribution >= 4 is 59.9 Å². The molecular formula is C32H42N4O9S2. The Hall–Kier alpha value is -3.92. The number of hydrogen-bond acceptors (Lipinski definition) is 9. The van der Waals surface area contributed by atoms with Crippen molar-refractivity contribution in [3.05, 3.63) is 48.0 Å². The Labute approximate surface area is 275 Å². The number of benzene rings is 3. The number of hydrogen-bond donors (Lipinski definition) is 5. The van der Waals surface area contributed by atoms with Crippen LogP contribution < -0.4 is 11.1 Å². The van der Waals surface area contributed by atoms with Crippen molar-refractivity contribution in [1.29, 1.82) is 0 Å². The molecule has 0 fully saturated rings. The van der Waals surface area contributed by atoms with Crippen LogP contribution in [0.3, 0.4) is 0 Å². The Balaban J connectivity index is 1.94. The lowest BCUT2D eigenvalue weighted by Crippen LogP contribution is -2.12. The number of nitrogens with two attached hydrogens (primary N) is 1. The second-order valence-corrected chi connectivity index (χ2v) is 14.1. The third-order valence-electron chi connectivity index (χ3n) is 7.60. The Morgan fingerprint density at radius 2 is 1.36 bits per heavy atom. The highest BCUT2D eigenvalue weighted by Crippen LogP contribution is 2.46. The van der Waals surface area contributed by atoms with Gasteiger partial charge in [-0.1, -0.05) is 64.0 Å². The minimum Gasteiger partial charge on any atom is -0.505 e. The number of amides is 2. The van der Waals surface area contributed by atoms with E-state index >= 15 is 0 Å². The highest BCUT2D eigenvalue weighted by Gasteiger charge is 2.27. The number of rotatable bonds is 19. The number of aromatic hydroxyl groups is 1. The van der Waals surface area contributed by atoms with E-state index in [-0.39, 0.29) is 29.1 Å². The monoisotopic (exact) mass is 690 g/mol. The van der Waals surface area contributed by atoms with Gasteiger partial charge < -0.3 is 16.2 Å². The number of primary amides is 1. The molecule has 13 nitrogen and oxygen atoms in total. The van der Waals surface area contributed by atoms with Crippen LogP contribution in [0.25, 0.3) is 10.8 Å². The minimum absolute atomic E-state index is 0.0589. The first-order valence-corrected chi connectivity index (χ1v) is 18.5. The number of anilines is 1. The molecule has 0 unspecified atom stereocenters. The van der Waals surface area contributed by atoms with Crippen molar-refractivity contribution in [1.82, 2.24) is 0 Å². The van der Waals surface area contributed by atoms with Gasteiger partial charge >= 0.3 is 0 Å². The lowest BCUT2D eigenvalue weighted by Gasteiger charge is -2.15. The van der Waals surface area contributed by atoms with E-state index in [4.69, 9.17) is 5.73 Å². The molecule has 0 aliphatic heterocycles. The number of fused-ring (bicyclic) bond motifs is 1. The SMILES string of the molecule is CCCCCCCCCC(=O)Nc1ccc(S(=O)(=O)O)c2cc(S(=O)(=O)O)c(N=Nc3ccc(CCCCCC(N)=O)cc3)c(O)c12. The van der Waals surface area contributed by atoms with Gasteiger partial charge in [0.2, 0.25) is 11.8 Å². The highest BCUT2D eigenvalue weighted by molar-refractivity contribution is 7.86. The highest BCUT2D eigenvalue weighted by atomic mass is 32.2. The Bertz CT molecular complexity index is 1810. The fourth-order valence-electron chi connectivity index (χ4n) is 5.15. The average Bonchev–Trinajstić information content (AvgIpc) is 2.99. The zero-order valence-electron chi connectivity index (χ0n) is 26.3. The van der Waals surface area contributed by atoms with Crippen LogP contribution in [0.4, 0.5) is 17.1 Å². The topological polar surface area (TPSA) is 226 Å². The lowest BCUT2D eigenvalue weighted by molar-refractivity contribution is -0.118. The standard InChI is InChI=1S/C32H42N4O9S2/c1-2-3-4-5-6-7-11-14-29(38)34-25-19-20-26(46(40,41)42)24-21-27(47(43,44)45)31(32(39)30(24)25)36-35-23-17-15-22(16-18-23)12-9-8-10-13-28(33)37/h15-21,39H,2-14H2,1H3,(H2,33,37)(H,34,38)(H,40,41,42)(H,43,44,45). The molecule has 0 saturated heterocycles. The van der Waals surface area contributed by atoms with Gasteiger partial charge in [-0.05, 0) is 61.6 Å². The molecule has 0 aliphatic carbocycles. The molecule has 0 spiro atoms. The summed E-state index contributed by atoms with van der Waals surface area (Å²) in [7, 11) is -10.0. The number of unbranched alkanes of at least 4 members (excludes halogenated alkanes) is 8. The van der Waals surface area contributed by atoms with E-state index in [0.29, 0.717) is 19.3 Å². The van der Waals surface area contributed by atoms with Crippen molar-refractivity contribution in [3.63, 3.8) is 0 Å². The Morgan fingerprint density at radius 1 is 0.766 bits per heavy atom. The second kappa shape index (κ2) is 17.3. The van der Waals surface area contributed by atoms with Crippen LogP contribution in [-0.4, -0.2) is 42.9 Å². The molecule has 3 rings (SSSR count). The number of phenolic OH excluding ortho intramolecular Hbond substituents is 1. The number of carbonyl (C=O) groups is 2. The zero-order valence-corrected chi connectivity index (χ0v) is 27.9. The number of carbonyl (C=O) groups excluding carboxylic acids is 2. The summed E-state index contributed by atoms with van der Waals surface area (Å²) >= 11 is 0. The molecule has 2 amide bonds. The quantitative estimate of drug-likeness (QED) is 0.0489. The summed E-state index contributed by atoms with van der Waals surface area (Å²) in [4.78, 5) is 22.0. The first-order valence-electron chi connectivity index (χ1n) is 15.6. The van der Waals surface area contributed by atoms with Gasteiger partial charge in [-0.15, -0.1) is 5.11 Å². The summed E-state index contributed by atoms with van der Waals surface area (Å²) in [6, 6.07) is 9.64. The van der Waals surface area contributed by atoms with E-state index in [1.807, 2.05) is 0 Å². The summed E-state index contributed by atoms with van der Waals surface area (Å²) in [5, 5.41) is 21.1. The van der Waals surface area contributed by atoms with Crippen molar-refractivity contribution in [3.8, 4) is 5.75 Å². The predicted molar refractivity (Wildman–Crippen MR) is 178 cm³/mol. The van der Waals surface area contributed by atoms with Crippen LogP contribution in [-0.2, 0) is 36.2 Å². The van der Waals surface area contributed by atoms with Gasteiger partial charge in [-0.2, -0.15) is 21.9 Å².